The summed E-state index contributed by atoms with van der Waals surface area (Å²) in [6, 6.07) is 1.71. The molecule has 2 unspecified atom stereocenters. The van der Waals surface area contributed by atoms with E-state index < -0.39 is 23.8 Å². The van der Waals surface area contributed by atoms with Crippen LogP contribution in [0.5, 0.6) is 5.75 Å². The predicted molar refractivity (Wildman–Crippen MR) is 177 cm³/mol. The number of esters is 2. The number of nitrogens with two attached hydrogens (primary N) is 2. The second kappa shape index (κ2) is 19.3. The number of carbonyl (C=O) groups excluding carboxylic acids is 2. The van der Waals surface area contributed by atoms with Gasteiger partial charge in [-0.05, 0) is 52.2 Å². The number of methoxy groups -OCH3 is 1. The number of benzene rings is 1. The molecule has 1 aliphatic heterocycles. The molecule has 8 nitrogen and oxygen atoms in total. The minimum atomic E-state index is -0.844. The number of hydrogen-bond donors (Lipinski definition) is 2. The summed E-state index contributed by atoms with van der Waals surface area (Å²) in [5, 5.41) is 0. The van der Waals surface area contributed by atoms with Gasteiger partial charge in [0.1, 0.15) is 11.7 Å². The van der Waals surface area contributed by atoms with Crippen molar-refractivity contribution >= 4 is 29.0 Å². The van der Waals surface area contributed by atoms with E-state index >= 15 is 0 Å². The Labute approximate surface area is 260 Å². The van der Waals surface area contributed by atoms with Crippen molar-refractivity contribution in [1.82, 2.24) is 0 Å². The van der Waals surface area contributed by atoms with Crippen LogP contribution in [0.1, 0.15) is 135 Å². The van der Waals surface area contributed by atoms with Crippen LogP contribution in [-0.4, -0.2) is 38.0 Å². The molecule has 0 aromatic heterocycles. The first-order chi connectivity index (χ1) is 20.7. The summed E-state index contributed by atoms with van der Waals surface area (Å²) in [7, 11) is 1.55. The Kier molecular flexibility index (Phi) is 16.2. The molecule has 1 aliphatic rings. The molecular weight excluding hydrogens is 542 g/mol. The van der Waals surface area contributed by atoms with Gasteiger partial charge in [0.2, 0.25) is 0 Å². The molecule has 1 heterocycles. The molecule has 242 valence electrons. The molecule has 0 saturated heterocycles. The lowest BCUT2D eigenvalue weighted by molar-refractivity contribution is -0.146. The number of nitrogens with zero attached hydrogens (tertiary/aromatic N) is 1. The second-order valence-corrected chi connectivity index (χ2v) is 11.7. The maximum Gasteiger partial charge on any atom is 0.336 e. The SMILES string of the molecule is CCCCCCCCCCCCCCCc1c(N)cc(N)c(OC)c1C1C(C(=O)OCC)=C(C)N=C(C)C1C(=O)OCC. The number of unbranched alkanes of at least 4 members (excludes halogenated alkanes) is 12. The van der Waals surface area contributed by atoms with E-state index in [-0.39, 0.29) is 13.2 Å². The van der Waals surface area contributed by atoms with E-state index in [1.54, 1.807) is 40.9 Å². The van der Waals surface area contributed by atoms with E-state index in [1.165, 1.54) is 64.2 Å². The van der Waals surface area contributed by atoms with Gasteiger partial charge < -0.3 is 25.7 Å². The number of allylic oxidation sites excluding steroid dienone is 1. The molecule has 0 radical (unpaired) electrons. The number of aliphatic imine (C=N–C) groups is 1. The highest BCUT2D eigenvalue weighted by Gasteiger charge is 2.45. The molecule has 0 aliphatic carbocycles. The van der Waals surface area contributed by atoms with Crippen molar-refractivity contribution < 1.29 is 23.8 Å². The first kappa shape index (κ1) is 36.2. The smallest absolute Gasteiger partial charge is 0.336 e. The number of nitrogen functional groups attached to an aromatic ring is 2. The van der Waals surface area contributed by atoms with Gasteiger partial charge >= 0.3 is 11.9 Å². The number of anilines is 2. The highest BCUT2D eigenvalue weighted by Crippen LogP contribution is 2.48. The van der Waals surface area contributed by atoms with Gasteiger partial charge in [0, 0.05) is 28.6 Å². The Bertz CT molecular complexity index is 1110. The summed E-state index contributed by atoms with van der Waals surface area (Å²) in [5.41, 5.74) is 16.8. The summed E-state index contributed by atoms with van der Waals surface area (Å²) in [4.78, 5) is 31.4. The van der Waals surface area contributed by atoms with Crippen molar-refractivity contribution in [2.24, 2.45) is 10.9 Å². The van der Waals surface area contributed by atoms with Crippen molar-refractivity contribution in [2.75, 3.05) is 31.8 Å². The second-order valence-electron chi connectivity index (χ2n) is 11.7. The van der Waals surface area contributed by atoms with Crippen LogP contribution in [0.15, 0.2) is 22.3 Å². The highest BCUT2D eigenvalue weighted by atomic mass is 16.5. The lowest BCUT2D eigenvalue weighted by Crippen LogP contribution is -2.37. The summed E-state index contributed by atoms with van der Waals surface area (Å²) in [5.74, 6) is -2.16. The van der Waals surface area contributed by atoms with Crippen molar-refractivity contribution in [1.29, 1.82) is 0 Å². The van der Waals surface area contributed by atoms with E-state index in [4.69, 9.17) is 25.7 Å². The quantitative estimate of drug-likeness (QED) is 0.0881. The maximum atomic E-state index is 13.4. The van der Waals surface area contributed by atoms with Crippen molar-refractivity contribution in [3.8, 4) is 5.75 Å². The highest BCUT2D eigenvalue weighted by molar-refractivity contribution is 6.07. The van der Waals surface area contributed by atoms with E-state index in [1.807, 2.05) is 0 Å². The number of rotatable bonds is 20. The van der Waals surface area contributed by atoms with Crippen molar-refractivity contribution in [3.05, 3.63) is 28.5 Å². The van der Waals surface area contributed by atoms with Crippen molar-refractivity contribution in [2.45, 2.75) is 130 Å². The predicted octanol–water partition coefficient (Wildman–Crippen LogP) is 8.07. The summed E-state index contributed by atoms with van der Waals surface area (Å²) in [6.45, 7) is 9.71. The summed E-state index contributed by atoms with van der Waals surface area (Å²) >= 11 is 0. The first-order valence-electron chi connectivity index (χ1n) is 16.6. The molecule has 43 heavy (non-hydrogen) atoms. The molecule has 0 saturated carbocycles. The number of hydrogen-bond acceptors (Lipinski definition) is 8. The fraction of sp³-hybridized carbons (Fsp3) is 0.686. The first-order valence-corrected chi connectivity index (χ1v) is 16.6. The lowest BCUT2D eigenvalue weighted by atomic mass is 9.73. The van der Waals surface area contributed by atoms with Crippen molar-refractivity contribution in [3.63, 3.8) is 0 Å². The van der Waals surface area contributed by atoms with Gasteiger partial charge in [0.15, 0.2) is 0 Å². The molecule has 0 bridgehead atoms. The van der Waals surface area contributed by atoms with E-state index in [0.717, 1.165) is 24.8 Å². The Hall–Kier alpha value is -3.03. The zero-order valence-electron chi connectivity index (χ0n) is 27.7. The molecule has 0 amide bonds. The molecule has 4 N–H and O–H groups in total. The van der Waals surface area contributed by atoms with Crippen LogP contribution in [0, 0.1) is 5.92 Å². The molecule has 2 rings (SSSR count). The van der Waals surface area contributed by atoms with E-state index in [0.29, 0.717) is 46.1 Å². The zero-order chi connectivity index (χ0) is 31.8. The van der Waals surface area contributed by atoms with Gasteiger partial charge in [0.25, 0.3) is 0 Å². The summed E-state index contributed by atoms with van der Waals surface area (Å²) < 4.78 is 16.8. The third-order valence-electron chi connectivity index (χ3n) is 8.40. The normalized spacial score (nSPS) is 16.7. The lowest BCUT2D eigenvalue weighted by Gasteiger charge is -2.34. The van der Waals surface area contributed by atoms with Gasteiger partial charge in [0.05, 0.1) is 31.6 Å². The molecule has 0 fully saturated rings. The monoisotopic (exact) mass is 599 g/mol. The standard InChI is InChI=1S/C35H57N3O5/c1-7-10-11-12-13-14-15-16-17-18-19-20-21-22-26-27(36)23-28(37)33(41-6)31(26)32-29(34(39)42-8-2)24(4)38-25(5)30(32)35(40)43-9-3/h23,29,32H,7-22,36-37H2,1-6H3. The average molecular weight is 600 g/mol. The minimum Gasteiger partial charge on any atom is -0.494 e. The van der Waals surface area contributed by atoms with Crippen LogP contribution < -0.4 is 16.2 Å². The molecular formula is C35H57N3O5. The zero-order valence-corrected chi connectivity index (χ0v) is 27.7. The maximum absolute atomic E-state index is 13.4. The minimum absolute atomic E-state index is 0.192. The van der Waals surface area contributed by atoms with Gasteiger partial charge in [-0.3, -0.25) is 9.79 Å². The Morgan fingerprint density at radius 2 is 1.33 bits per heavy atom. The fourth-order valence-corrected chi connectivity index (χ4v) is 6.28. The van der Waals surface area contributed by atoms with E-state index in [2.05, 4.69) is 11.9 Å². The van der Waals surface area contributed by atoms with Gasteiger partial charge in [-0.1, -0.05) is 84.0 Å². The van der Waals surface area contributed by atoms with Gasteiger partial charge in [-0.2, -0.15) is 0 Å². The molecule has 2 atom stereocenters. The Morgan fingerprint density at radius 3 is 1.84 bits per heavy atom. The summed E-state index contributed by atoms with van der Waals surface area (Å²) in [6.07, 6.45) is 17.1. The van der Waals surface area contributed by atoms with Crippen LogP contribution in [0.3, 0.4) is 0 Å². The largest absolute Gasteiger partial charge is 0.494 e. The molecule has 1 aromatic carbocycles. The molecule has 1 aromatic rings. The Morgan fingerprint density at radius 1 is 0.791 bits per heavy atom. The third-order valence-corrected chi connectivity index (χ3v) is 8.40. The third kappa shape index (κ3) is 10.3. The Balaban J connectivity index is 2.26. The van der Waals surface area contributed by atoms with Crippen LogP contribution >= 0.6 is 0 Å². The van der Waals surface area contributed by atoms with Crippen LogP contribution in [0.2, 0.25) is 0 Å². The number of ether oxygens (including phenoxy) is 3. The molecule has 8 heteroatoms. The van der Waals surface area contributed by atoms with Crippen LogP contribution in [0.4, 0.5) is 11.4 Å². The topological polar surface area (TPSA) is 126 Å². The van der Waals surface area contributed by atoms with Crippen LogP contribution in [-0.2, 0) is 25.5 Å². The average Bonchev–Trinajstić information content (AvgIpc) is 2.95. The van der Waals surface area contributed by atoms with Gasteiger partial charge in [-0.15, -0.1) is 0 Å². The van der Waals surface area contributed by atoms with Crippen LogP contribution in [0.25, 0.3) is 0 Å². The fourth-order valence-electron chi connectivity index (χ4n) is 6.28. The van der Waals surface area contributed by atoms with E-state index in [9.17, 15) is 9.59 Å². The molecule has 0 spiro atoms. The number of carbonyl (C=O) groups is 2. The van der Waals surface area contributed by atoms with Gasteiger partial charge in [-0.25, -0.2) is 4.79 Å².